The maximum Gasteiger partial charge on any atom is 0.226 e. The third kappa shape index (κ3) is 1.95. The zero-order valence-electron chi connectivity index (χ0n) is 9.64. The highest BCUT2D eigenvalue weighted by atomic mass is 16.5. The van der Waals surface area contributed by atoms with Crippen LogP contribution in [-0.2, 0) is 9.53 Å². The second-order valence-electron chi connectivity index (χ2n) is 4.22. The molecule has 3 nitrogen and oxygen atoms in total. The van der Waals surface area contributed by atoms with Gasteiger partial charge in [-0.05, 0) is 24.0 Å². The summed E-state index contributed by atoms with van der Waals surface area (Å²) in [6, 6.07) is 8.32. The van der Waals surface area contributed by atoms with Crippen molar-refractivity contribution in [1.29, 1.82) is 0 Å². The lowest BCUT2D eigenvalue weighted by Crippen LogP contribution is -2.39. The SMILES string of the molecule is CC1CC(OC[C]=O)N(C)c2ccccc21. The van der Waals surface area contributed by atoms with Crippen LogP contribution < -0.4 is 4.90 Å². The third-order valence-electron chi connectivity index (χ3n) is 3.17. The number of anilines is 1. The van der Waals surface area contributed by atoms with Gasteiger partial charge in [-0.1, -0.05) is 25.1 Å². The van der Waals surface area contributed by atoms with Crippen LogP contribution in [0.4, 0.5) is 5.69 Å². The summed E-state index contributed by atoms with van der Waals surface area (Å²) in [6.45, 7) is 2.23. The van der Waals surface area contributed by atoms with Crippen molar-refractivity contribution in [2.75, 3.05) is 18.6 Å². The molecule has 0 aromatic heterocycles. The fourth-order valence-corrected chi connectivity index (χ4v) is 2.28. The Morgan fingerprint density at radius 2 is 2.25 bits per heavy atom. The molecule has 0 aliphatic carbocycles. The van der Waals surface area contributed by atoms with Crippen molar-refractivity contribution in [1.82, 2.24) is 0 Å². The van der Waals surface area contributed by atoms with E-state index in [2.05, 4.69) is 30.0 Å². The first kappa shape index (κ1) is 11.1. The first-order valence-electron chi connectivity index (χ1n) is 5.52. The van der Waals surface area contributed by atoms with Crippen LogP contribution >= 0.6 is 0 Å². The monoisotopic (exact) mass is 218 g/mol. The van der Waals surface area contributed by atoms with E-state index < -0.39 is 0 Å². The Labute approximate surface area is 96.0 Å². The quantitative estimate of drug-likeness (QED) is 0.778. The van der Waals surface area contributed by atoms with Gasteiger partial charge in [0.05, 0.1) is 0 Å². The molecule has 0 fully saturated rings. The van der Waals surface area contributed by atoms with Crippen molar-refractivity contribution in [2.45, 2.75) is 25.5 Å². The Bertz CT molecular complexity index is 378. The van der Waals surface area contributed by atoms with Gasteiger partial charge in [-0.25, -0.2) is 0 Å². The van der Waals surface area contributed by atoms with Crippen LogP contribution in [0.2, 0.25) is 0 Å². The van der Waals surface area contributed by atoms with E-state index in [1.54, 1.807) is 6.29 Å². The van der Waals surface area contributed by atoms with E-state index in [0.29, 0.717) is 5.92 Å². The molecule has 1 aromatic rings. The first-order chi connectivity index (χ1) is 7.74. The average molecular weight is 218 g/mol. The molecule has 0 N–H and O–H groups in total. The van der Waals surface area contributed by atoms with E-state index in [1.165, 1.54) is 11.3 Å². The van der Waals surface area contributed by atoms with Gasteiger partial charge in [0, 0.05) is 12.7 Å². The Morgan fingerprint density at radius 3 is 3.00 bits per heavy atom. The lowest BCUT2D eigenvalue weighted by atomic mass is 9.91. The summed E-state index contributed by atoms with van der Waals surface area (Å²) in [6.07, 6.45) is 2.67. The van der Waals surface area contributed by atoms with Gasteiger partial charge >= 0.3 is 0 Å². The van der Waals surface area contributed by atoms with E-state index >= 15 is 0 Å². The molecule has 0 saturated heterocycles. The standard InChI is InChI=1S/C13H16NO2/c1-10-9-13(16-8-7-15)14(2)12-6-4-3-5-11(10)12/h3-6,10,13H,8-9H2,1-2H3. The van der Waals surface area contributed by atoms with Crippen LogP contribution in [0.15, 0.2) is 24.3 Å². The molecule has 2 unspecified atom stereocenters. The molecule has 1 radical (unpaired) electrons. The zero-order valence-corrected chi connectivity index (χ0v) is 9.64. The minimum atomic E-state index is -0.0219. The molecule has 0 saturated carbocycles. The summed E-state index contributed by atoms with van der Waals surface area (Å²) in [5.41, 5.74) is 2.54. The lowest BCUT2D eigenvalue weighted by Gasteiger charge is -2.38. The second-order valence-corrected chi connectivity index (χ2v) is 4.22. The molecule has 0 bridgehead atoms. The topological polar surface area (TPSA) is 29.5 Å². The van der Waals surface area contributed by atoms with E-state index in [-0.39, 0.29) is 12.8 Å². The molecule has 0 spiro atoms. The van der Waals surface area contributed by atoms with Crippen LogP contribution in [-0.4, -0.2) is 26.2 Å². The van der Waals surface area contributed by atoms with Gasteiger partial charge in [-0.3, -0.25) is 4.79 Å². The van der Waals surface area contributed by atoms with Gasteiger partial charge < -0.3 is 9.64 Å². The van der Waals surface area contributed by atoms with Crippen molar-refractivity contribution in [2.24, 2.45) is 0 Å². The Balaban J connectivity index is 2.23. The summed E-state index contributed by atoms with van der Waals surface area (Å²) in [7, 11) is 2.00. The average Bonchev–Trinajstić information content (AvgIpc) is 2.32. The second kappa shape index (κ2) is 4.66. The lowest BCUT2D eigenvalue weighted by molar-refractivity contribution is 0.0658. The van der Waals surface area contributed by atoms with E-state index in [0.717, 1.165) is 6.42 Å². The van der Waals surface area contributed by atoms with Gasteiger partial charge in [0.25, 0.3) is 0 Å². The summed E-state index contributed by atoms with van der Waals surface area (Å²) >= 11 is 0. The van der Waals surface area contributed by atoms with Crippen LogP contribution in [0.3, 0.4) is 0 Å². The van der Waals surface area contributed by atoms with Crippen LogP contribution in [0.1, 0.15) is 24.8 Å². The number of nitrogens with zero attached hydrogens (tertiary/aromatic N) is 1. The smallest absolute Gasteiger partial charge is 0.226 e. The Hall–Kier alpha value is -1.35. The number of benzene rings is 1. The number of para-hydroxylation sites is 1. The molecule has 1 heterocycles. The number of fused-ring (bicyclic) bond motifs is 1. The molecule has 85 valence electrons. The fraction of sp³-hybridized carbons (Fsp3) is 0.462. The molecule has 1 aromatic carbocycles. The van der Waals surface area contributed by atoms with Gasteiger partial charge in [0.2, 0.25) is 6.29 Å². The minimum Gasteiger partial charge on any atom is -0.350 e. The van der Waals surface area contributed by atoms with E-state index in [1.807, 2.05) is 13.1 Å². The van der Waals surface area contributed by atoms with Crippen LogP contribution in [0.5, 0.6) is 0 Å². The summed E-state index contributed by atoms with van der Waals surface area (Å²) < 4.78 is 5.47. The predicted molar refractivity (Wildman–Crippen MR) is 63.3 cm³/mol. The predicted octanol–water partition coefficient (Wildman–Crippen LogP) is 2.08. The molecule has 2 rings (SSSR count). The summed E-state index contributed by atoms with van der Waals surface area (Å²) in [5.74, 6) is 0.462. The van der Waals surface area contributed by atoms with Gasteiger partial charge in [-0.2, -0.15) is 0 Å². The normalized spacial score (nSPS) is 24.0. The highest BCUT2D eigenvalue weighted by molar-refractivity contribution is 5.57. The van der Waals surface area contributed by atoms with Crippen molar-refractivity contribution in [3.63, 3.8) is 0 Å². The van der Waals surface area contributed by atoms with E-state index in [9.17, 15) is 4.79 Å². The molecule has 16 heavy (non-hydrogen) atoms. The van der Waals surface area contributed by atoms with E-state index in [4.69, 9.17) is 4.74 Å². The molecule has 1 aliphatic rings. The minimum absolute atomic E-state index is 0.0219. The summed E-state index contributed by atoms with van der Waals surface area (Å²) in [4.78, 5) is 12.3. The molecule has 1 aliphatic heterocycles. The molecular formula is C13H16NO2. The number of hydrogen-bond donors (Lipinski definition) is 0. The maximum absolute atomic E-state index is 10.2. The highest BCUT2D eigenvalue weighted by Crippen LogP contribution is 2.37. The van der Waals surface area contributed by atoms with Gasteiger partial charge in [0.15, 0.2) is 0 Å². The largest absolute Gasteiger partial charge is 0.350 e. The Morgan fingerprint density at radius 1 is 1.50 bits per heavy atom. The number of carbonyl (C=O) groups excluding carboxylic acids is 1. The van der Waals surface area contributed by atoms with Gasteiger partial charge in [-0.15, -0.1) is 0 Å². The van der Waals surface area contributed by atoms with Crippen molar-refractivity contribution in [3.05, 3.63) is 29.8 Å². The van der Waals surface area contributed by atoms with Crippen molar-refractivity contribution < 1.29 is 9.53 Å². The number of hydrogen-bond acceptors (Lipinski definition) is 3. The van der Waals surface area contributed by atoms with Crippen LogP contribution in [0, 0.1) is 0 Å². The van der Waals surface area contributed by atoms with Crippen molar-refractivity contribution in [3.8, 4) is 0 Å². The number of ether oxygens (including phenoxy) is 1. The molecule has 2 atom stereocenters. The Kier molecular flexibility index (Phi) is 3.25. The van der Waals surface area contributed by atoms with Gasteiger partial charge in [0.1, 0.15) is 12.8 Å². The maximum atomic E-state index is 10.2. The van der Waals surface area contributed by atoms with Crippen LogP contribution in [0.25, 0.3) is 0 Å². The zero-order chi connectivity index (χ0) is 11.5. The molecule has 0 amide bonds. The highest BCUT2D eigenvalue weighted by Gasteiger charge is 2.28. The molecular weight excluding hydrogens is 202 g/mol. The number of rotatable bonds is 3. The third-order valence-corrected chi connectivity index (χ3v) is 3.17. The molecule has 3 heteroatoms. The van der Waals surface area contributed by atoms with Crippen molar-refractivity contribution >= 4 is 12.0 Å². The first-order valence-corrected chi connectivity index (χ1v) is 5.52. The summed E-state index contributed by atoms with van der Waals surface area (Å²) in [5, 5.41) is 0. The fourth-order valence-electron chi connectivity index (χ4n) is 2.28.